The zero-order chi connectivity index (χ0) is 27.8. The van der Waals surface area contributed by atoms with Crippen LogP contribution in [0.3, 0.4) is 0 Å². The molecule has 1 aliphatic carbocycles. The molecule has 0 unspecified atom stereocenters. The molecule has 1 N–H and O–H groups in total. The fourth-order valence-corrected chi connectivity index (χ4v) is 5.50. The summed E-state index contributed by atoms with van der Waals surface area (Å²) in [7, 11) is 0. The number of nitrogens with one attached hydrogen (secondary N) is 1. The second-order valence-corrected chi connectivity index (χ2v) is 11.7. The Hall–Kier alpha value is -3.08. The van der Waals surface area contributed by atoms with Gasteiger partial charge in [0.2, 0.25) is 5.92 Å². The highest BCUT2D eigenvalue weighted by Crippen LogP contribution is 2.45. The summed E-state index contributed by atoms with van der Waals surface area (Å²) < 4.78 is 60.3. The third kappa shape index (κ3) is 6.67. The number of benzene rings is 2. The number of hydrogen-bond donors (Lipinski definition) is 1. The van der Waals surface area contributed by atoms with Gasteiger partial charge in [-0.15, -0.1) is 11.8 Å². The molecule has 2 aliphatic rings. The Kier molecular flexibility index (Phi) is 7.79. The Balaban J connectivity index is 1.65. The van der Waals surface area contributed by atoms with Gasteiger partial charge in [-0.2, -0.15) is 0 Å². The molecule has 0 saturated heterocycles. The van der Waals surface area contributed by atoms with Crippen molar-refractivity contribution < 1.29 is 36.7 Å². The van der Waals surface area contributed by atoms with Gasteiger partial charge in [-0.1, -0.05) is 12.1 Å². The molecule has 1 saturated carbocycles. The lowest BCUT2D eigenvalue weighted by Crippen LogP contribution is -2.50. The van der Waals surface area contributed by atoms with Crippen molar-refractivity contribution in [3.63, 3.8) is 0 Å². The maximum Gasteiger partial charge on any atom is 0.408 e. The third-order valence-electron chi connectivity index (χ3n) is 6.20. The first kappa shape index (κ1) is 27.9. The lowest BCUT2D eigenvalue weighted by atomic mass is 9.77. The number of anilines is 1. The van der Waals surface area contributed by atoms with Crippen molar-refractivity contribution in [2.75, 3.05) is 10.7 Å². The molecule has 2 aromatic rings. The molecule has 11 heteroatoms. The summed E-state index contributed by atoms with van der Waals surface area (Å²) in [6.45, 7) is 4.99. The summed E-state index contributed by atoms with van der Waals surface area (Å²) in [5, 5.41) is 2.56. The molecule has 6 nitrogen and oxygen atoms in total. The Labute approximate surface area is 222 Å². The van der Waals surface area contributed by atoms with Crippen LogP contribution in [0.1, 0.15) is 56.0 Å². The molecule has 1 heterocycles. The number of carbonyl (C=O) groups excluding carboxylic acids is 3. The second-order valence-electron chi connectivity index (χ2n) is 10.6. The molecule has 0 spiro atoms. The van der Waals surface area contributed by atoms with E-state index in [1.165, 1.54) is 35.2 Å². The van der Waals surface area contributed by atoms with Crippen LogP contribution in [0.2, 0.25) is 0 Å². The Morgan fingerprint density at radius 2 is 1.79 bits per heavy atom. The van der Waals surface area contributed by atoms with Crippen molar-refractivity contribution in [3.05, 3.63) is 59.2 Å². The second kappa shape index (κ2) is 10.6. The summed E-state index contributed by atoms with van der Waals surface area (Å²) in [6, 6.07) is 6.81. The summed E-state index contributed by atoms with van der Waals surface area (Å²) in [5.74, 6) is -5.72. The van der Waals surface area contributed by atoms with Crippen molar-refractivity contribution in [3.8, 4) is 0 Å². The topological polar surface area (TPSA) is 75.7 Å². The molecule has 0 aromatic heterocycles. The number of alkyl halides is 2. The number of halogens is 4. The zero-order valence-corrected chi connectivity index (χ0v) is 22.0. The molecular formula is C27H28F4N2O4S. The SMILES string of the molecule is CC(C)(C)OC(=O)N[C@H]1CSc2cc(F)c(C(=O)CC3CC(F)(F)C3)cc2N(Cc2ccc(F)cc2)C1=O. The van der Waals surface area contributed by atoms with Crippen LogP contribution in [-0.4, -0.2) is 41.1 Å². The van der Waals surface area contributed by atoms with Crippen LogP contribution >= 0.6 is 11.8 Å². The van der Waals surface area contributed by atoms with Crippen molar-refractivity contribution in [1.82, 2.24) is 5.32 Å². The number of carbonyl (C=O) groups is 3. The monoisotopic (exact) mass is 552 g/mol. The van der Waals surface area contributed by atoms with E-state index in [1.54, 1.807) is 20.8 Å². The van der Waals surface area contributed by atoms with E-state index in [2.05, 4.69) is 5.32 Å². The van der Waals surface area contributed by atoms with Crippen LogP contribution in [0, 0.1) is 17.6 Å². The number of rotatable bonds is 6. The van der Waals surface area contributed by atoms with Gasteiger partial charge in [0.25, 0.3) is 5.91 Å². The number of hydrogen-bond acceptors (Lipinski definition) is 5. The highest BCUT2D eigenvalue weighted by Gasteiger charge is 2.46. The molecule has 2 aromatic carbocycles. The van der Waals surface area contributed by atoms with Gasteiger partial charge in [-0.3, -0.25) is 9.59 Å². The number of nitrogens with zero attached hydrogens (tertiary/aromatic N) is 1. The Morgan fingerprint density at radius 1 is 1.13 bits per heavy atom. The number of thioether (sulfide) groups is 1. The van der Waals surface area contributed by atoms with Gasteiger partial charge in [-0.25, -0.2) is 22.4 Å². The van der Waals surface area contributed by atoms with E-state index >= 15 is 4.39 Å². The van der Waals surface area contributed by atoms with Gasteiger partial charge in [0.1, 0.15) is 23.3 Å². The quantitative estimate of drug-likeness (QED) is 0.346. The normalized spacial score (nSPS) is 19.3. The minimum Gasteiger partial charge on any atom is -0.444 e. The number of amides is 2. The molecule has 1 aliphatic heterocycles. The minimum absolute atomic E-state index is 0.0483. The molecule has 0 bridgehead atoms. The number of Topliss-reactive ketones (excluding diaryl/α,β-unsaturated/α-hetero) is 1. The van der Waals surface area contributed by atoms with Gasteiger partial charge in [-0.05, 0) is 56.5 Å². The highest BCUT2D eigenvalue weighted by molar-refractivity contribution is 7.99. The summed E-state index contributed by atoms with van der Waals surface area (Å²) in [4.78, 5) is 40.6. The van der Waals surface area contributed by atoms with E-state index in [0.29, 0.717) is 10.5 Å². The van der Waals surface area contributed by atoms with E-state index in [0.717, 1.165) is 17.8 Å². The van der Waals surface area contributed by atoms with Crippen molar-refractivity contribution in [1.29, 1.82) is 0 Å². The molecule has 2 amide bonds. The van der Waals surface area contributed by atoms with Gasteiger partial charge in [0, 0.05) is 29.9 Å². The maximum absolute atomic E-state index is 15.1. The fourth-order valence-electron chi connectivity index (χ4n) is 4.43. The van der Waals surface area contributed by atoms with Crippen molar-refractivity contribution >= 4 is 35.2 Å². The first-order valence-electron chi connectivity index (χ1n) is 12.1. The third-order valence-corrected chi connectivity index (χ3v) is 7.34. The standard InChI is InChI=1S/C27H28F4N2O4S/c1-26(2,3)37-25(36)32-20-14-38-23-10-19(29)18(22(34)8-16-11-27(30,31)12-16)9-21(23)33(24(20)35)13-15-4-6-17(28)7-5-15/h4-7,9-10,16,20H,8,11-14H2,1-3H3,(H,32,36)/t20-/m0/s1. The first-order valence-corrected chi connectivity index (χ1v) is 13.1. The van der Waals surface area contributed by atoms with Gasteiger partial charge >= 0.3 is 6.09 Å². The average molecular weight is 553 g/mol. The largest absolute Gasteiger partial charge is 0.444 e. The summed E-state index contributed by atoms with van der Waals surface area (Å²) in [6.07, 6.45) is -1.88. The highest BCUT2D eigenvalue weighted by atomic mass is 32.2. The number of alkyl carbamates (subject to hydrolysis) is 1. The van der Waals surface area contributed by atoms with E-state index in [9.17, 15) is 27.6 Å². The molecule has 1 fully saturated rings. The van der Waals surface area contributed by atoms with Gasteiger partial charge in [0.05, 0.1) is 17.8 Å². The predicted molar refractivity (Wildman–Crippen MR) is 134 cm³/mol. The van der Waals surface area contributed by atoms with Crippen LogP contribution < -0.4 is 10.2 Å². The van der Waals surface area contributed by atoms with Crippen LogP contribution in [0.5, 0.6) is 0 Å². The Morgan fingerprint density at radius 3 is 2.39 bits per heavy atom. The van der Waals surface area contributed by atoms with Crippen molar-refractivity contribution in [2.24, 2.45) is 5.92 Å². The molecule has 0 radical (unpaired) electrons. The molecule has 1 atom stereocenters. The predicted octanol–water partition coefficient (Wildman–Crippen LogP) is 6.12. The van der Waals surface area contributed by atoms with E-state index in [-0.39, 0.29) is 30.0 Å². The van der Waals surface area contributed by atoms with Crippen LogP contribution in [0.4, 0.5) is 28.0 Å². The lowest BCUT2D eigenvalue weighted by Gasteiger charge is -2.34. The van der Waals surface area contributed by atoms with Crippen LogP contribution in [0.25, 0.3) is 0 Å². The fraction of sp³-hybridized carbons (Fsp3) is 0.444. The molecule has 204 valence electrons. The van der Waals surface area contributed by atoms with Crippen LogP contribution in [-0.2, 0) is 16.1 Å². The first-order chi connectivity index (χ1) is 17.7. The number of ketones is 1. The lowest BCUT2D eigenvalue weighted by molar-refractivity contribution is -0.120. The van der Waals surface area contributed by atoms with Gasteiger partial charge < -0.3 is 15.0 Å². The smallest absolute Gasteiger partial charge is 0.408 e. The van der Waals surface area contributed by atoms with Crippen LogP contribution in [0.15, 0.2) is 41.3 Å². The average Bonchev–Trinajstić information content (AvgIpc) is 2.89. The zero-order valence-electron chi connectivity index (χ0n) is 21.2. The van der Waals surface area contributed by atoms with E-state index in [4.69, 9.17) is 4.74 Å². The molecule has 4 rings (SSSR count). The number of ether oxygens (including phenoxy) is 1. The summed E-state index contributed by atoms with van der Waals surface area (Å²) >= 11 is 1.12. The van der Waals surface area contributed by atoms with E-state index < -0.39 is 65.7 Å². The summed E-state index contributed by atoms with van der Waals surface area (Å²) in [5.41, 5.74) is -0.302. The van der Waals surface area contributed by atoms with Crippen molar-refractivity contribution in [2.45, 2.75) is 69.0 Å². The molecule has 38 heavy (non-hydrogen) atoms. The number of fused-ring (bicyclic) bond motifs is 1. The van der Waals surface area contributed by atoms with E-state index in [1.807, 2.05) is 0 Å². The Bertz CT molecular complexity index is 1240. The molecular weight excluding hydrogens is 524 g/mol. The van der Waals surface area contributed by atoms with Gasteiger partial charge in [0.15, 0.2) is 5.78 Å². The minimum atomic E-state index is -2.80. The maximum atomic E-state index is 15.1.